The third-order valence-electron chi connectivity index (χ3n) is 1.88. The highest BCUT2D eigenvalue weighted by Gasteiger charge is 2.05. The third kappa shape index (κ3) is 1.78. The first-order valence-corrected chi connectivity index (χ1v) is 4.36. The van der Waals surface area contributed by atoms with E-state index in [-0.39, 0.29) is 0 Å². The predicted molar refractivity (Wildman–Crippen MR) is 52.5 cm³/mol. The van der Waals surface area contributed by atoms with Crippen molar-refractivity contribution < 1.29 is 0 Å². The molecule has 0 saturated carbocycles. The molecule has 1 rings (SSSR count). The Bertz CT molecular complexity index is 231. The lowest BCUT2D eigenvalue weighted by molar-refractivity contribution is 0.832. The van der Waals surface area contributed by atoms with Crippen molar-refractivity contribution in [1.29, 1.82) is 0 Å². The molecule has 0 N–H and O–H groups in total. The van der Waals surface area contributed by atoms with Gasteiger partial charge in [-0.2, -0.15) is 0 Å². The zero-order chi connectivity index (χ0) is 8.43. The fraction of sp³-hybridized carbons (Fsp3) is 0.400. The van der Waals surface area contributed by atoms with Crippen molar-refractivity contribution in [2.75, 3.05) is 0 Å². The summed E-state index contributed by atoms with van der Waals surface area (Å²) in [6.07, 6.45) is 0. The van der Waals surface area contributed by atoms with Crippen LogP contribution in [-0.4, -0.2) is 0 Å². The maximum Gasteiger partial charge on any atom is 0.00772 e. The van der Waals surface area contributed by atoms with Crippen molar-refractivity contribution in [2.24, 2.45) is 0 Å². The van der Waals surface area contributed by atoms with E-state index in [9.17, 15) is 0 Å². The van der Waals surface area contributed by atoms with Crippen LogP contribution in [0.4, 0.5) is 0 Å². The predicted octanol–water partition coefficient (Wildman–Crippen LogP) is 3.41. The zero-order valence-corrected chi connectivity index (χ0v) is 8.15. The van der Waals surface area contributed by atoms with E-state index >= 15 is 0 Å². The second-order valence-corrected chi connectivity index (χ2v) is 3.64. The first kappa shape index (κ1) is 8.66. The SMILES string of the molecule is Cc1cccc(S)c1C(C)C. The molecule has 1 aromatic rings. The van der Waals surface area contributed by atoms with Crippen LogP contribution in [0.1, 0.15) is 30.9 Å². The smallest absolute Gasteiger partial charge is 0.00772 e. The van der Waals surface area contributed by atoms with Gasteiger partial charge in [0.1, 0.15) is 0 Å². The third-order valence-corrected chi connectivity index (χ3v) is 2.27. The first-order valence-electron chi connectivity index (χ1n) is 3.91. The van der Waals surface area contributed by atoms with Crippen LogP contribution in [0.2, 0.25) is 0 Å². The fourth-order valence-corrected chi connectivity index (χ4v) is 1.94. The monoisotopic (exact) mass is 166 g/mol. The van der Waals surface area contributed by atoms with Gasteiger partial charge in [-0.25, -0.2) is 0 Å². The second kappa shape index (κ2) is 3.31. The number of hydrogen-bond acceptors (Lipinski definition) is 1. The van der Waals surface area contributed by atoms with Crippen LogP contribution in [0.5, 0.6) is 0 Å². The van der Waals surface area contributed by atoms with E-state index in [1.165, 1.54) is 11.1 Å². The molecule has 0 heterocycles. The van der Waals surface area contributed by atoms with Crippen LogP contribution in [0.25, 0.3) is 0 Å². The molecular weight excluding hydrogens is 152 g/mol. The largest absolute Gasteiger partial charge is 0.143 e. The molecule has 0 spiro atoms. The first-order chi connectivity index (χ1) is 5.13. The molecule has 0 amide bonds. The van der Waals surface area contributed by atoms with E-state index in [0.717, 1.165) is 4.90 Å². The van der Waals surface area contributed by atoms with Crippen molar-refractivity contribution >= 4 is 12.6 Å². The summed E-state index contributed by atoms with van der Waals surface area (Å²) in [5.74, 6) is 0.573. The molecule has 0 aliphatic carbocycles. The average Bonchev–Trinajstić information content (AvgIpc) is 1.85. The van der Waals surface area contributed by atoms with E-state index in [1.807, 2.05) is 12.1 Å². The molecule has 0 aromatic heterocycles. The van der Waals surface area contributed by atoms with Gasteiger partial charge in [0.25, 0.3) is 0 Å². The van der Waals surface area contributed by atoms with Crippen LogP contribution < -0.4 is 0 Å². The Kier molecular flexibility index (Phi) is 2.61. The number of benzene rings is 1. The molecule has 0 radical (unpaired) electrons. The van der Waals surface area contributed by atoms with Crippen molar-refractivity contribution in [3.63, 3.8) is 0 Å². The Labute approximate surface area is 74.0 Å². The summed E-state index contributed by atoms with van der Waals surface area (Å²) in [6, 6.07) is 6.23. The standard InChI is InChI=1S/C10H14S/c1-7(2)10-8(3)5-4-6-9(10)11/h4-7,11H,1-3H3. The van der Waals surface area contributed by atoms with Crippen molar-refractivity contribution in [3.8, 4) is 0 Å². The van der Waals surface area contributed by atoms with Crippen LogP contribution in [0.15, 0.2) is 23.1 Å². The zero-order valence-electron chi connectivity index (χ0n) is 7.26. The van der Waals surface area contributed by atoms with Crippen LogP contribution in [0.3, 0.4) is 0 Å². The minimum absolute atomic E-state index is 0.573. The van der Waals surface area contributed by atoms with Gasteiger partial charge in [0.05, 0.1) is 0 Å². The van der Waals surface area contributed by atoms with Gasteiger partial charge >= 0.3 is 0 Å². The molecule has 1 aromatic carbocycles. The van der Waals surface area contributed by atoms with Crippen LogP contribution >= 0.6 is 12.6 Å². The molecular formula is C10H14S. The summed E-state index contributed by atoms with van der Waals surface area (Å²) in [4.78, 5) is 1.11. The normalized spacial score (nSPS) is 10.6. The highest BCUT2D eigenvalue weighted by atomic mass is 32.1. The molecule has 0 bridgehead atoms. The Hall–Kier alpha value is -0.430. The Morgan fingerprint density at radius 2 is 1.91 bits per heavy atom. The van der Waals surface area contributed by atoms with Gasteiger partial charge in [0, 0.05) is 4.90 Å². The van der Waals surface area contributed by atoms with Gasteiger partial charge in [-0.15, -0.1) is 12.6 Å². The fourth-order valence-electron chi connectivity index (χ4n) is 1.42. The lowest BCUT2D eigenvalue weighted by Crippen LogP contribution is -1.92. The number of thiol groups is 1. The molecule has 0 unspecified atom stereocenters. The van der Waals surface area contributed by atoms with Crippen molar-refractivity contribution in [1.82, 2.24) is 0 Å². The Morgan fingerprint density at radius 3 is 2.27 bits per heavy atom. The highest BCUT2D eigenvalue weighted by molar-refractivity contribution is 7.80. The van der Waals surface area contributed by atoms with E-state index in [1.54, 1.807) is 0 Å². The number of rotatable bonds is 1. The van der Waals surface area contributed by atoms with Gasteiger partial charge in [-0.05, 0) is 30.0 Å². The molecule has 0 aliphatic rings. The summed E-state index contributed by atoms with van der Waals surface area (Å²) < 4.78 is 0. The molecule has 0 nitrogen and oxygen atoms in total. The van der Waals surface area contributed by atoms with Crippen molar-refractivity contribution in [3.05, 3.63) is 29.3 Å². The molecule has 0 fully saturated rings. The number of aryl methyl sites for hydroxylation is 1. The van der Waals surface area contributed by atoms with Gasteiger partial charge in [0.15, 0.2) is 0 Å². The maximum atomic E-state index is 4.41. The molecule has 60 valence electrons. The van der Waals surface area contributed by atoms with E-state index in [0.29, 0.717) is 5.92 Å². The second-order valence-electron chi connectivity index (χ2n) is 3.16. The summed E-state index contributed by atoms with van der Waals surface area (Å²) >= 11 is 4.41. The summed E-state index contributed by atoms with van der Waals surface area (Å²) in [6.45, 7) is 6.53. The molecule has 0 atom stereocenters. The van der Waals surface area contributed by atoms with Gasteiger partial charge in [0.2, 0.25) is 0 Å². The Morgan fingerprint density at radius 1 is 1.27 bits per heavy atom. The van der Waals surface area contributed by atoms with Gasteiger partial charge in [-0.3, -0.25) is 0 Å². The van der Waals surface area contributed by atoms with E-state index in [4.69, 9.17) is 0 Å². The van der Waals surface area contributed by atoms with Crippen LogP contribution in [0, 0.1) is 6.92 Å². The quantitative estimate of drug-likeness (QED) is 0.607. The summed E-state index contributed by atoms with van der Waals surface area (Å²) in [5, 5.41) is 0. The van der Waals surface area contributed by atoms with E-state index in [2.05, 4.69) is 39.5 Å². The van der Waals surface area contributed by atoms with E-state index < -0.39 is 0 Å². The highest BCUT2D eigenvalue weighted by Crippen LogP contribution is 2.25. The molecule has 0 aliphatic heterocycles. The maximum absolute atomic E-state index is 4.41. The lowest BCUT2D eigenvalue weighted by atomic mass is 9.98. The lowest BCUT2D eigenvalue weighted by Gasteiger charge is -2.11. The molecule has 11 heavy (non-hydrogen) atoms. The summed E-state index contributed by atoms with van der Waals surface area (Å²) in [5.41, 5.74) is 2.71. The molecule has 0 saturated heterocycles. The summed E-state index contributed by atoms with van der Waals surface area (Å²) in [7, 11) is 0. The molecule has 1 heteroatoms. The number of hydrogen-bond donors (Lipinski definition) is 1. The minimum Gasteiger partial charge on any atom is -0.143 e. The van der Waals surface area contributed by atoms with Crippen LogP contribution in [-0.2, 0) is 0 Å². The average molecular weight is 166 g/mol. The van der Waals surface area contributed by atoms with Crippen molar-refractivity contribution in [2.45, 2.75) is 31.6 Å². The minimum atomic E-state index is 0.573. The van der Waals surface area contributed by atoms with Gasteiger partial charge < -0.3 is 0 Å². The Balaban J connectivity index is 3.21. The van der Waals surface area contributed by atoms with Gasteiger partial charge in [-0.1, -0.05) is 26.0 Å². The topological polar surface area (TPSA) is 0 Å².